The van der Waals surface area contributed by atoms with Crippen LogP contribution in [0.5, 0.6) is 0 Å². The third-order valence-corrected chi connectivity index (χ3v) is 3.34. The van der Waals surface area contributed by atoms with Gasteiger partial charge in [-0.1, -0.05) is 28.1 Å². The number of nitrogens with zero attached hydrogens (tertiary/aromatic N) is 1. The maximum absolute atomic E-state index is 9.98. The maximum atomic E-state index is 9.98. The fourth-order valence-corrected chi connectivity index (χ4v) is 2.31. The van der Waals surface area contributed by atoms with E-state index in [0.29, 0.717) is 17.3 Å². The molecule has 0 aliphatic rings. The lowest BCUT2D eigenvalue weighted by atomic mass is 10.0. The normalized spacial score (nSPS) is 15.1. The van der Waals surface area contributed by atoms with Gasteiger partial charge in [0.1, 0.15) is 6.10 Å². The van der Waals surface area contributed by atoms with Crippen LogP contribution in [0, 0.1) is 6.92 Å². The Morgan fingerprint density at radius 1 is 1.41 bits per heavy atom. The Balaban J connectivity index is 2.29. The van der Waals surface area contributed by atoms with Crippen LogP contribution in [0.3, 0.4) is 0 Å². The smallest absolute Gasteiger partial charge is 0.105 e. The van der Waals surface area contributed by atoms with E-state index in [1.165, 1.54) is 0 Å². The lowest BCUT2D eigenvalue weighted by molar-refractivity contribution is 0.0174. The molecule has 2 atom stereocenters. The van der Waals surface area contributed by atoms with Crippen molar-refractivity contribution in [2.45, 2.75) is 25.6 Å². The SMILES string of the molecule is Cc1[nH]nc2cc(C(O)C(O)CCBr)ccc12. The van der Waals surface area contributed by atoms with Gasteiger partial charge in [-0.2, -0.15) is 5.10 Å². The predicted molar refractivity (Wildman–Crippen MR) is 70.2 cm³/mol. The molecular formula is C12H15BrN2O2. The lowest BCUT2D eigenvalue weighted by Gasteiger charge is -2.17. The first-order valence-corrected chi connectivity index (χ1v) is 6.62. The van der Waals surface area contributed by atoms with Gasteiger partial charge in [-0.05, 0) is 25.0 Å². The summed E-state index contributed by atoms with van der Waals surface area (Å²) < 4.78 is 0. The zero-order chi connectivity index (χ0) is 12.4. The number of nitrogens with one attached hydrogen (secondary N) is 1. The molecular weight excluding hydrogens is 284 g/mol. The molecule has 2 rings (SSSR count). The molecule has 2 aromatic rings. The van der Waals surface area contributed by atoms with Crippen LogP contribution in [0.4, 0.5) is 0 Å². The van der Waals surface area contributed by atoms with Crippen LogP contribution in [-0.2, 0) is 0 Å². The van der Waals surface area contributed by atoms with Crippen LogP contribution in [0.15, 0.2) is 18.2 Å². The monoisotopic (exact) mass is 298 g/mol. The van der Waals surface area contributed by atoms with Gasteiger partial charge in [-0.25, -0.2) is 0 Å². The number of aliphatic hydroxyl groups excluding tert-OH is 2. The van der Waals surface area contributed by atoms with Gasteiger partial charge in [0.05, 0.1) is 11.6 Å². The van der Waals surface area contributed by atoms with E-state index in [9.17, 15) is 10.2 Å². The number of fused-ring (bicyclic) bond motifs is 1. The molecule has 1 heterocycles. The minimum Gasteiger partial charge on any atom is -0.390 e. The Kier molecular flexibility index (Phi) is 3.81. The number of aromatic amines is 1. The van der Waals surface area contributed by atoms with Crippen molar-refractivity contribution in [3.63, 3.8) is 0 Å². The molecule has 0 spiro atoms. The molecule has 17 heavy (non-hydrogen) atoms. The minimum absolute atomic E-state index is 0.513. The number of rotatable bonds is 4. The highest BCUT2D eigenvalue weighted by molar-refractivity contribution is 9.09. The Morgan fingerprint density at radius 3 is 2.88 bits per heavy atom. The number of H-pyrrole nitrogens is 1. The number of alkyl halides is 1. The Labute approximate surface area is 108 Å². The number of halogens is 1. The highest BCUT2D eigenvalue weighted by atomic mass is 79.9. The molecule has 4 nitrogen and oxygen atoms in total. The van der Waals surface area contributed by atoms with E-state index in [0.717, 1.165) is 16.6 Å². The molecule has 0 aliphatic carbocycles. The number of hydrogen-bond acceptors (Lipinski definition) is 3. The zero-order valence-corrected chi connectivity index (χ0v) is 11.1. The number of benzene rings is 1. The van der Waals surface area contributed by atoms with Gasteiger partial charge in [0.25, 0.3) is 0 Å². The molecule has 0 saturated heterocycles. The zero-order valence-electron chi connectivity index (χ0n) is 9.52. The quantitative estimate of drug-likeness (QED) is 0.757. The number of aryl methyl sites for hydroxylation is 1. The van der Waals surface area contributed by atoms with Crippen LogP contribution in [-0.4, -0.2) is 31.8 Å². The second-order valence-corrected chi connectivity index (χ2v) is 4.91. The Bertz CT molecular complexity index is 512. The van der Waals surface area contributed by atoms with Crippen LogP contribution < -0.4 is 0 Å². The van der Waals surface area contributed by atoms with E-state index in [1.54, 1.807) is 6.07 Å². The van der Waals surface area contributed by atoms with Crippen LogP contribution in [0.1, 0.15) is 23.8 Å². The fourth-order valence-electron chi connectivity index (χ4n) is 1.84. The van der Waals surface area contributed by atoms with Gasteiger partial charge in [-0.15, -0.1) is 0 Å². The summed E-state index contributed by atoms with van der Waals surface area (Å²) >= 11 is 3.25. The van der Waals surface area contributed by atoms with E-state index >= 15 is 0 Å². The van der Waals surface area contributed by atoms with E-state index in [2.05, 4.69) is 26.1 Å². The summed E-state index contributed by atoms with van der Waals surface area (Å²) in [5.41, 5.74) is 2.50. The van der Waals surface area contributed by atoms with Crippen molar-refractivity contribution in [3.05, 3.63) is 29.5 Å². The first kappa shape index (κ1) is 12.5. The van der Waals surface area contributed by atoms with Gasteiger partial charge in [-0.3, -0.25) is 5.10 Å². The van der Waals surface area contributed by atoms with E-state index < -0.39 is 12.2 Å². The van der Waals surface area contributed by atoms with Crippen molar-refractivity contribution < 1.29 is 10.2 Å². The molecule has 0 bridgehead atoms. The molecule has 0 amide bonds. The Hall–Kier alpha value is -0.910. The number of aliphatic hydroxyl groups is 2. The largest absolute Gasteiger partial charge is 0.390 e. The summed E-state index contributed by atoms with van der Waals surface area (Å²) in [6.07, 6.45) is -1.11. The molecule has 5 heteroatoms. The van der Waals surface area contributed by atoms with E-state index in [1.807, 2.05) is 19.1 Å². The molecule has 0 fully saturated rings. The first-order valence-electron chi connectivity index (χ1n) is 5.50. The summed E-state index contributed by atoms with van der Waals surface area (Å²) in [5, 5.41) is 28.5. The summed E-state index contributed by atoms with van der Waals surface area (Å²) in [6.45, 7) is 1.95. The molecule has 0 radical (unpaired) electrons. The van der Waals surface area contributed by atoms with Crippen molar-refractivity contribution in [1.29, 1.82) is 0 Å². The van der Waals surface area contributed by atoms with Gasteiger partial charge in [0, 0.05) is 16.4 Å². The number of hydrogen-bond donors (Lipinski definition) is 3. The third-order valence-electron chi connectivity index (χ3n) is 2.88. The molecule has 0 aliphatic heterocycles. The molecule has 92 valence electrons. The lowest BCUT2D eigenvalue weighted by Crippen LogP contribution is -2.18. The number of aromatic nitrogens is 2. The van der Waals surface area contributed by atoms with Gasteiger partial charge in [0.2, 0.25) is 0 Å². The Morgan fingerprint density at radius 2 is 2.18 bits per heavy atom. The van der Waals surface area contributed by atoms with Crippen molar-refractivity contribution in [1.82, 2.24) is 10.2 Å². The minimum atomic E-state index is -0.867. The standard InChI is InChI=1S/C12H15BrN2O2/c1-7-9-3-2-8(6-10(9)15-14-7)12(17)11(16)4-5-13/h2-3,6,11-12,16-17H,4-5H2,1H3,(H,14,15). The maximum Gasteiger partial charge on any atom is 0.105 e. The second kappa shape index (κ2) is 5.16. The van der Waals surface area contributed by atoms with Crippen LogP contribution >= 0.6 is 15.9 Å². The predicted octanol–water partition coefficient (Wildman–Crippen LogP) is 2.05. The molecule has 3 N–H and O–H groups in total. The van der Waals surface area contributed by atoms with Crippen LogP contribution in [0.2, 0.25) is 0 Å². The first-order chi connectivity index (χ1) is 8.13. The van der Waals surface area contributed by atoms with E-state index in [-0.39, 0.29) is 0 Å². The molecule has 2 unspecified atom stereocenters. The van der Waals surface area contributed by atoms with Crippen molar-refractivity contribution in [2.75, 3.05) is 5.33 Å². The van der Waals surface area contributed by atoms with Gasteiger partial charge >= 0.3 is 0 Å². The van der Waals surface area contributed by atoms with Crippen molar-refractivity contribution in [2.24, 2.45) is 0 Å². The average Bonchev–Trinajstić information content (AvgIpc) is 2.70. The van der Waals surface area contributed by atoms with Crippen molar-refractivity contribution >= 4 is 26.8 Å². The third kappa shape index (κ3) is 2.51. The fraction of sp³-hybridized carbons (Fsp3) is 0.417. The van der Waals surface area contributed by atoms with Gasteiger partial charge in [0.15, 0.2) is 0 Å². The average molecular weight is 299 g/mol. The molecule has 1 aromatic heterocycles. The van der Waals surface area contributed by atoms with Crippen LogP contribution in [0.25, 0.3) is 10.9 Å². The molecule has 1 aromatic carbocycles. The summed E-state index contributed by atoms with van der Waals surface area (Å²) in [7, 11) is 0. The van der Waals surface area contributed by atoms with E-state index in [4.69, 9.17) is 0 Å². The summed E-state index contributed by atoms with van der Waals surface area (Å²) in [6, 6.07) is 5.54. The summed E-state index contributed by atoms with van der Waals surface area (Å²) in [5.74, 6) is 0. The molecule has 0 saturated carbocycles. The van der Waals surface area contributed by atoms with Crippen molar-refractivity contribution in [3.8, 4) is 0 Å². The highest BCUT2D eigenvalue weighted by Crippen LogP contribution is 2.24. The topological polar surface area (TPSA) is 69.1 Å². The second-order valence-electron chi connectivity index (χ2n) is 4.12. The van der Waals surface area contributed by atoms with Gasteiger partial charge < -0.3 is 10.2 Å². The highest BCUT2D eigenvalue weighted by Gasteiger charge is 2.18. The summed E-state index contributed by atoms with van der Waals surface area (Å²) in [4.78, 5) is 0.